The van der Waals surface area contributed by atoms with Crippen LogP contribution in [0.3, 0.4) is 0 Å². The summed E-state index contributed by atoms with van der Waals surface area (Å²) in [5, 5.41) is 3.78. The molecule has 0 saturated carbocycles. The van der Waals surface area contributed by atoms with E-state index >= 15 is 0 Å². The van der Waals surface area contributed by atoms with Crippen molar-refractivity contribution in [2.24, 2.45) is 5.92 Å². The second kappa shape index (κ2) is 5.49. The Hall–Kier alpha value is -1.47. The summed E-state index contributed by atoms with van der Waals surface area (Å²) in [5.74, 6) is 1.72. The smallest absolute Gasteiger partial charge is 0.248 e. The molecule has 0 N–H and O–H groups in total. The Morgan fingerprint density at radius 3 is 3.00 bits per heavy atom. The van der Waals surface area contributed by atoms with Crippen molar-refractivity contribution in [2.75, 3.05) is 26.8 Å². The number of methoxy groups -OCH3 is 1. The van der Waals surface area contributed by atoms with Gasteiger partial charge in [0.25, 0.3) is 0 Å². The van der Waals surface area contributed by atoms with Crippen molar-refractivity contribution < 1.29 is 18.8 Å². The number of carbonyl (C=O) groups is 1. The molecule has 1 amide bonds. The van der Waals surface area contributed by atoms with Gasteiger partial charge >= 0.3 is 0 Å². The van der Waals surface area contributed by atoms with Gasteiger partial charge < -0.3 is 18.9 Å². The van der Waals surface area contributed by atoms with Crippen molar-refractivity contribution in [3.8, 4) is 0 Å². The summed E-state index contributed by atoms with van der Waals surface area (Å²) in [4.78, 5) is 17.8. The molecule has 2 aliphatic heterocycles. The Morgan fingerprint density at radius 1 is 1.50 bits per heavy atom. The normalized spacial score (nSPS) is 28.9. The molecule has 2 aliphatic rings. The molecule has 3 rings (SSSR count). The fourth-order valence-electron chi connectivity index (χ4n) is 3.03. The van der Waals surface area contributed by atoms with Gasteiger partial charge in [-0.3, -0.25) is 4.79 Å². The first-order valence-corrected chi connectivity index (χ1v) is 6.87. The minimum Gasteiger partial charge on any atom is -0.375 e. The summed E-state index contributed by atoms with van der Waals surface area (Å²) in [7, 11) is 1.54. The van der Waals surface area contributed by atoms with Crippen LogP contribution < -0.4 is 0 Å². The van der Waals surface area contributed by atoms with Gasteiger partial charge in [-0.25, -0.2) is 0 Å². The third-order valence-electron chi connectivity index (χ3n) is 3.91. The zero-order valence-electron chi connectivity index (χ0n) is 11.7. The van der Waals surface area contributed by atoms with Gasteiger partial charge in [-0.15, -0.1) is 0 Å². The second-order valence-electron chi connectivity index (χ2n) is 5.46. The van der Waals surface area contributed by atoms with Crippen LogP contribution in [0, 0.1) is 12.8 Å². The number of aryl methyl sites for hydroxylation is 1. The van der Waals surface area contributed by atoms with Crippen molar-refractivity contribution in [1.82, 2.24) is 15.0 Å². The fraction of sp³-hybridized carbons (Fsp3) is 0.769. The standard InChI is InChI=1S/C13H19N3O4/c1-8-14-12(20-15-8)4-10-3-9-5-16(6-11(9)19-10)13(17)7-18-2/h9-11H,3-7H2,1-2H3/t9-,10+,11+/m0/s1. The number of hydrogen-bond donors (Lipinski definition) is 0. The fourth-order valence-corrected chi connectivity index (χ4v) is 3.03. The molecule has 0 spiro atoms. The number of ether oxygens (including phenoxy) is 2. The summed E-state index contributed by atoms with van der Waals surface area (Å²) >= 11 is 0. The Labute approximate surface area is 117 Å². The van der Waals surface area contributed by atoms with Crippen LogP contribution in [0.25, 0.3) is 0 Å². The van der Waals surface area contributed by atoms with E-state index in [4.69, 9.17) is 14.0 Å². The van der Waals surface area contributed by atoms with Crippen molar-refractivity contribution in [2.45, 2.75) is 32.0 Å². The van der Waals surface area contributed by atoms with E-state index in [-0.39, 0.29) is 24.7 Å². The van der Waals surface area contributed by atoms with Crippen LogP contribution in [0.1, 0.15) is 18.1 Å². The lowest BCUT2D eigenvalue weighted by Gasteiger charge is -2.18. The van der Waals surface area contributed by atoms with E-state index in [0.29, 0.717) is 30.6 Å². The zero-order valence-corrected chi connectivity index (χ0v) is 11.7. The van der Waals surface area contributed by atoms with Crippen LogP contribution in [0.15, 0.2) is 4.52 Å². The van der Waals surface area contributed by atoms with Crippen LogP contribution in [-0.2, 0) is 20.7 Å². The highest BCUT2D eigenvalue weighted by Gasteiger charge is 2.43. The number of aromatic nitrogens is 2. The molecule has 1 aromatic heterocycles. The number of nitrogens with zero attached hydrogens (tertiary/aromatic N) is 3. The third-order valence-corrected chi connectivity index (χ3v) is 3.91. The molecule has 2 fully saturated rings. The molecular weight excluding hydrogens is 262 g/mol. The number of rotatable bonds is 4. The zero-order chi connectivity index (χ0) is 14.1. The minimum atomic E-state index is 0.0366. The largest absolute Gasteiger partial charge is 0.375 e. The molecule has 110 valence electrons. The summed E-state index contributed by atoms with van der Waals surface area (Å²) in [6.45, 7) is 3.36. The Bertz CT molecular complexity index is 476. The van der Waals surface area contributed by atoms with Gasteiger partial charge in [-0.05, 0) is 13.3 Å². The minimum absolute atomic E-state index is 0.0366. The number of fused-ring (bicyclic) bond motifs is 1. The molecule has 0 bridgehead atoms. The van der Waals surface area contributed by atoms with Gasteiger partial charge in [0.2, 0.25) is 11.8 Å². The molecule has 7 nitrogen and oxygen atoms in total. The average molecular weight is 281 g/mol. The molecule has 0 aromatic carbocycles. The quantitative estimate of drug-likeness (QED) is 0.783. The van der Waals surface area contributed by atoms with Crippen LogP contribution in [-0.4, -0.2) is 60.0 Å². The van der Waals surface area contributed by atoms with Gasteiger partial charge in [-0.1, -0.05) is 5.16 Å². The van der Waals surface area contributed by atoms with Crippen LogP contribution >= 0.6 is 0 Å². The van der Waals surface area contributed by atoms with Crippen molar-refractivity contribution >= 4 is 5.91 Å². The van der Waals surface area contributed by atoms with Gasteiger partial charge in [0.05, 0.1) is 18.6 Å². The Balaban J connectivity index is 1.52. The molecular formula is C13H19N3O4. The molecule has 7 heteroatoms. The van der Waals surface area contributed by atoms with Crippen LogP contribution in [0.2, 0.25) is 0 Å². The predicted octanol–water partition coefficient (Wildman–Crippen LogP) is 0.183. The van der Waals surface area contributed by atoms with Gasteiger partial charge in [0.1, 0.15) is 6.61 Å². The topological polar surface area (TPSA) is 77.7 Å². The molecule has 1 aromatic rings. The monoisotopic (exact) mass is 281 g/mol. The number of carbonyl (C=O) groups excluding carboxylic acids is 1. The summed E-state index contributed by atoms with van der Waals surface area (Å²) in [6, 6.07) is 0. The Morgan fingerprint density at radius 2 is 2.35 bits per heavy atom. The van der Waals surface area contributed by atoms with E-state index < -0.39 is 0 Å². The van der Waals surface area contributed by atoms with E-state index in [2.05, 4.69) is 10.1 Å². The lowest BCUT2D eigenvalue weighted by molar-refractivity contribution is -0.135. The molecule has 20 heavy (non-hydrogen) atoms. The lowest BCUT2D eigenvalue weighted by atomic mass is 10.0. The molecule has 3 heterocycles. The summed E-state index contributed by atoms with van der Waals surface area (Å²) in [6.07, 6.45) is 1.83. The maximum atomic E-state index is 11.8. The van der Waals surface area contributed by atoms with E-state index in [0.717, 1.165) is 13.0 Å². The molecule has 0 aliphatic carbocycles. The van der Waals surface area contributed by atoms with E-state index in [1.54, 1.807) is 6.92 Å². The summed E-state index contributed by atoms with van der Waals surface area (Å²) < 4.78 is 16.0. The average Bonchev–Trinajstić information content (AvgIpc) is 3.04. The van der Waals surface area contributed by atoms with Gasteiger partial charge in [0.15, 0.2) is 5.82 Å². The van der Waals surface area contributed by atoms with Gasteiger partial charge in [0, 0.05) is 26.1 Å². The number of amides is 1. The van der Waals surface area contributed by atoms with Crippen molar-refractivity contribution in [3.05, 3.63) is 11.7 Å². The van der Waals surface area contributed by atoms with E-state index in [1.165, 1.54) is 7.11 Å². The molecule has 0 unspecified atom stereocenters. The molecule has 3 atom stereocenters. The highest BCUT2D eigenvalue weighted by Crippen LogP contribution is 2.34. The molecule has 2 saturated heterocycles. The first kappa shape index (κ1) is 13.5. The SMILES string of the molecule is COCC(=O)N1C[C@@H]2C[C@H](Cc3nc(C)no3)O[C@@H]2C1. The molecule has 0 radical (unpaired) electrons. The highest BCUT2D eigenvalue weighted by atomic mass is 16.5. The third kappa shape index (κ3) is 2.69. The maximum absolute atomic E-state index is 11.8. The van der Waals surface area contributed by atoms with Crippen LogP contribution in [0.5, 0.6) is 0 Å². The highest BCUT2D eigenvalue weighted by molar-refractivity contribution is 5.77. The lowest BCUT2D eigenvalue weighted by Crippen LogP contribution is -2.34. The second-order valence-corrected chi connectivity index (χ2v) is 5.46. The Kier molecular flexibility index (Phi) is 3.71. The first-order chi connectivity index (χ1) is 9.65. The van der Waals surface area contributed by atoms with Crippen LogP contribution in [0.4, 0.5) is 0 Å². The van der Waals surface area contributed by atoms with E-state index in [9.17, 15) is 4.79 Å². The summed E-state index contributed by atoms with van der Waals surface area (Å²) in [5.41, 5.74) is 0. The first-order valence-electron chi connectivity index (χ1n) is 6.87. The predicted molar refractivity (Wildman–Crippen MR) is 68.0 cm³/mol. The van der Waals surface area contributed by atoms with Gasteiger partial charge in [-0.2, -0.15) is 4.98 Å². The maximum Gasteiger partial charge on any atom is 0.248 e. The van der Waals surface area contributed by atoms with Crippen molar-refractivity contribution in [1.29, 1.82) is 0 Å². The number of likely N-dealkylation sites (tertiary alicyclic amines) is 1. The van der Waals surface area contributed by atoms with Crippen molar-refractivity contribution in [3.63, 3.8) is 0 Å². The van der Waals surface area contributed by atoms with E-state index in [1.807, 2.05) is 4.90 Å². The number of hydrogen-bond acceptors (Lipinski definition) is 6.